The quantitative estimate of drug-likeness (QED) is 0.918. The van der Waals surface area contributed by atoms with E-state index in [-0.39, 0.29) is 11.9 Å². The Bertz CT molecular complexity index is 467. The van der Waals surface area contributed by atoms with Gasteiger partial charge in [0.05, 0.1) is 6.04 Å². The van der Waals surface area contributed by atoms with Crippen molar-refractivity contribution in [1.82, 2.24) is 10.3 Å². The average molecular weight is 271 g/mol. The first-order valence-corrected chi connectivity index (χ1v) is 6.55. The van der Waals surface area contributed by atoms with Crippen LogP contribution < -0.4 is 5.32 Å². The summed E-state index contributed by atoms with van der Waals surface area (Å²) in [6, 6.07) is 4.45. The van der Waals surface area contributed by atoms with E-state index in [0.29, 0.717) is 5.02 Å². The van der Waals surface area contributed by atoms with Crippen molar-refractivity contribution in [3.8, 4) is 0 Å². The summed E-state index contributed by atoms with van der Waals surface area (Å²) in [5, 5.41) is 6.49. The molecule has 2 rings (SSSR count). The lowest BCUT2D eigenvalue weighted by Crippen LogP contribution is -2.21. The molecule has 0 aliphatic rings. The molecule has 1 N–H and O–H groups in total. The highest BCUT2D eigenvalue weighted by Crippen LogP contribution is 2.26. The SMILES string of the molecule is CCNC(c1cc(F)cc(Cl)c1)c1nccs1. The summed E-state index contributed by atoms with van der Waals surface area (Å²) in [5.41, 5.74) is 0.798. The van der Waals surface area contributed by atoms with E-state index in [1.54, 1.807) is 12.3 Å². The minimum Gasteiger partial charge on any atom is -0.305 e. The van der Waals surface area contributed by atoms with E-state index in [1.807, 2.05) is 12.3 Å². The lowest BCUT2D eigenvalue weighted by Gasteiger charge is -2.16. The smallest absolute Gasteiger partial charge is 0.125 e. The number of halogens is 2. The van der Waals surface area contributed by atoms with Crippen molar-refractivity contribution in [2.24, 2.45) is 0 Å². The standard InChI is InChI=1S/C12H12ClFN2S/c1-2-15-11(12-16-3-4-17-12)8-5-9(13)7-10(14)6-8/h3-7,11,15H,2H2,1H3. The molecule has 2 aromatic rings. The van der Waals surface area contributed by atoms with Crippen LogP contribution in [0.5, 0.6) is 0 Å². The number of thiazole rings is 1. The number of benzene rings is 1. The summed E-state index contributed by atoms with van der Waals surface area (Å²) in [6.45, 7) is 2.78. The summed E-state index contributed by atoms with van der Waals surface area (Å²) < 4.78 is 13.3. The lowest BCUT2D eigenvalue weighted by atomic mass is 10.1. The van der Waals surface area contributed by atoms with E-state index in [9.17, 15) is 4.39 Å². The van der Waals surface area contributed by atoms with Gasteiger partial charge in [-0.2, -0.15) is 0 Å². The minimum absolute atomic E-state index is 0.104. The number of rotatable bonds is 4. The van der Waals surface area contributed by atoms with Crippen molar-refractivity contribution in [2.45, 2.75) is 13.0 Å². The number of nitrogens with one attached hydrogen (secondary N) is 1. The van der Waals surface area contributed by atoms with E-state index >= 15 is 0 Å². The zero-order valence-electron chi connectivity index (χ0n) is 9.28. The van der Waals surface area contributed by atoms with Gasteiger partial charge in [-0.3, -0.25) is 0 Å². The molecule has 0 aliphatic carbocycles. The first-order chi connectivity index (χ1) is 8.20. The van der Waals surface area contributed by atoms with Crippen molar-refractivity contribution in [3.05, 3.63) is 51.2 Å². The summed E-state index contributed by atoms with van der Waals surface area (Å²) in [6.07, 6.45) is 1.74. The van der Waals surface area contributed by atoms with Crippen LogP contribution in [-0.2, 0) is 0 Å². The molecule has 90 valence electrons. The van der Waals surface area contributed by atoms with Gasteiger partial charge >= 0.3 is 0 Å². The number of nitrogens with zero attached hydrogens (tertiary/aromatic N) is 1. The van der Waals surface area contributed by atoms with E-state index in [1.165, 1.54) is 23.5 Å². The highest BCUT2D eigenvalue weighted by atomic mass is 35.5. The van der Waals surface area contributed by atoms with Gasteiger partial charge in [0, 0.05) is 16.6 Å². The van der Waals surface area contributed by atoms with Crippen LogP contribution in [0.2, 0.25) is 5.02 Å². The molecule has 1 heterocycles. The third-order valence-corrected chi connectivity index (χ3v) is 3.38. The summed E-state index contributed by atoms with van der Waals surface area (Å²) >= 11 is 7.41. The van der Waals surface area contributed by atoms with Gasteiger partial charge in [0.15, 0.2) is 0 Å². The van der Waals surface area contributed by atoms with Gasteiger partial charge in [-0.05, 0) is 30.3 Å². The second-order valence-electron chi connectivity index (χ2n) is 3.56. The predicted octanol–water partition coefficient (Wildman–Crippen LogP) is 3.63. The monoisotopic (exact) mass is 270 g/mol. The number of hydrogen-bond donors (Lipinski definition) is 1. The molecule has 2 nitrogen and oxygen atoms in total. The van der Waals surface area contributed by atoms with Crippen molar-refractivity contribution in [1.29, 1.82) is 0 Å². The van der Waals surface area contributed by atoms with Crippen molar-refractivity contribution < 1.29 is 4.39 Å². The Morgan fingerprint density at radius 1 is 1.47 bits per heavy atom. The molecule has 1 aromatic heterocycles. The van der Waals surface area contributed by atoms with Crippen LogP contribution in [0.1, 0.15) is 23.5 Å². The van der Waals surface area contributed by atoms with Crippen molar-refractivity contribution in [2.75, 3.05) is 6.54 Å². The average Bonchev–Trinajstić information content (AvgIpc) is 2.77. The Balaban J connectivity index is 2.38. The Labute approximate surface area is 108 Å². The Hall–Kier alpha value is -0.970. The fraction of sp³-hybridized carbons (Fsp3) is 0.250. The molecule has 0 saturated heterocycles. The van der Waals surface area contributed by atoms with Crippen LogP contribution in [0, 0.1) is 5.82 Å². The maximum atomic E-state index is 13.3. The van der Waals surface area contributed by atoms with Crippen molar-refractivity contribution >= 4 is 22.9 Å². The lowest BCUT2D eigenvalue weighted by molar-refractivity contribution is 0.601. The summed E-state index contributed by atoms with van der Waals surface area (Å²) in [5.74, 6) is -0.327. The Morgan fingerprint density at radius 2 is 2.29 bits per heavy atom. The van der Waals surface area contributed by atoms with Crippen LogP contribution in [0.4, 0.5) is 4.39 Å². The van der Waals surface area contributed by atoms with E-state index in [2.05, 4.69) is 10.3 Å². The third kappa shape index (κ3) is 3.03. The maximum Gasteiger partial charge on any atom is 0.125 e. The first-order valence-electron chi connectivity index (χ1n) is 5.29. The van der Waals surface area contributed by atoms with Gasteiger partial charge in [-0.15, -0.1) is 11.3 Å². The van der Waals surface area contributed by atoms with Gasteiger partial charge in [-0.25, -0.2) is 9.37 Å². The molecule has 0 aliphatic heterocycles. The second kappa shape index (κ2) is 5.58. The van der Waals surface area contributed by atoms with Crippen LogP contribution in [0.25, 0.3) is 0 Å². The molecular weight excluding hydrogens is 259 g/mol. The summed E-state index contributed by atoms with van der Waals surface area (Å²) in [4.78, 5) is 4.26. The maximum absolute atomic E-state index is 13.3. The molecule has 17 heavy (non-hydrogen) atoms. The Kier molecular flexibility index (Phi) is 4.10. The molecule has 0 spiro atoms. The zero-order chi connectivity index (χ0) is 12.3. The molecular formula is C12H12ClFN2S. The second-order valence-corrected chi connectivity index (χ2v) is 4.93. The van der Waals surface area contributed by atoms with Crippen LogP contribution >= 0.6 is 22.9 Å². The van der Waals surface area contributed by atoms with Gasteiger partial charge in [-0.1, -0.05) is 18.5 Å². The molecule has 0 radical (unpaired) electrons. The van der Waals surface area contributed by atoms with Crippen LogP contribution in [-0.4, -0.2) is 11.5 Å². The topological polar surface area (TPSA) is 24.9 Å². The molecule has 5 heteroatoms. The first kappa shape index (κ1) is 12.5. The highest BCUT2D eigenvalue weighted by molar-refractivity contribution is 7.09. The fourth-order valence-electron chi connectivity index (χ4n) is 1.67. The predicted molar refractivity (Wildman–Crippen MR) is 69.0 cm³/mol. The molecule has 0 amide bonds. The number of aromatic nitrogens is 1. The fourth-order valence-corrected chi connectivity index (χ4v) is 2.64. The van der Waals surface area contributed by atoms with Gasteiger partial charge in [0.25, 0.3) is 0 Å². The molecule has 1 aromatic carbocycles. The molecule has 1 atom stereocenters. The van der Waals surface area contributed by atoms with Gasteiger partial charge in [0.1, 0.15) is 10.8 Å². The van der Waals surface area contributed by atoms with Gasteiger partial charge in [0.2, 0.25) is 0 Å². The van der Waals surface area contributed by atoms with Crippen LogP contribution in [0.3, 0.4) is 0 Å². The molecule has 0 bridgehead atoms. The number of hydrogen-bond acceptors (Lipinski definition) is 3. The third-order valence-electron chi connectivity index (χ3n) is 2.32. The summed E-state index contributed by atoms with van der Waals surface area (Å²) in [7, 11) is 0. The molecule has 0 fully saturated rings. The minimum atomic E-state index is -0.327. The zero-order valence-corrected chi connectivity index (χ0v) is 10.9. The van der Waals surface area contributed by atoms with Crippen molar-refractivity contribution in [3.63, 3.8) is 0 Å². The van der Waals surface area contributed by atoms with Crippen LogP contribution in [0.15, 0.2) is 29.8 Å². The van der Waals surface area contributed by atoms with Gasteiger partial charge < -0.3 is 5.32 Å². The largest absolute Gasteiger partial charge is 0.305 e. The highest BCUT2D eigenvalue weighted by Gasteiger charge is 2.16. The Morgan fingerprint density at radius 3 is 2.88 bits per heavy atom. The molecule has 1 unspecified atom stereocenters. The van der Waals surface area contributed by atoms with E-state index in [0.717, 1.165) is 17.1 Å². The normalized spacial score (nSPS) is 12.6. The van der Waals surface area contributed by atoms with E-state index < -0.39 is 0 Å². The molecule has 0 saturated carbocycles. The van der Waals surface area contributed by atoms with E-state index in [4.69, 9.17) is 11.6 Å².